The summed E-state index contributed by atoms with van der Waals surface area (Å²) in [5.41, 5.74) is 1.50. The number of hydrogen-bond acceptors (Lipinski definition) is 3. The van der Waals surface area contributed by atoms with Gasteiger partial charge in [0.15, 0.2) is 11.3 Å². The van der Waals surface area contributed by atoms with Crippen LogP contribution in [0.2, 0.25) is 5.15 Å². The summed E-state index contributed by atoms with van der Waals surface area (Å²) in [6, 6.07) is 9.33. The summed E-state index contributed by atoms with van der Waals surface area (Å²) in [6.45, 7) is 0. The van der Waals surface area contributed by atoms with E-state index in [9.17, 15) is 4.79 Å². The van der Waals surface area contributed by atoms with Crippen LogP contribution in [0.4, 0.5) is 5.69 Å². The first-order valence-corrected chi connectivity index (χ1v) is 7.17. The minimum Gasteiger partial charge on any atom is -0.480 e. The van der Waals surface area contributed by atoms with Crippen LogP contribution < -0.4 is 10.1 Å². The van der Waals surface area contributed by atoms with Crippen molar-refractivity contribution in [2.45, 2.75) is 12.5 Å². The molecule has 0 saturated carbocycles. The third-order valence-electron chi connectivity index (χ3n) is 3.00. The van der Waals surface area contributed by atoms with Gasteiger partial charge < -0.3 is 10.1 Å². The van der Waals surface area contributed by atoms with Crippen molar-refractivity contribution in [3.63, 3.8) is 0 Å². The molecule has 2 heterocycles. The molecule has 0 radical (unpaired) electrons. The first-order chi connectivity index (χ1) is 9.63. The molecule has 0 aliphatic carbocycles. The lowest BCUT2D eigenvalue weighted by Gasteiger charge is -2.12. The van der Waals surface area contributed by atoms with Gasteiger partial charge in [-0.15, -0.1) is 0 Å². The van der Waals surface area contributed by atoms with Gasteiger partial charge in [-0.3, -0.25) is 4.79 Å². The summed E-state index contributed by atoms with van der Waals surface area (Å²) >= 11 is 9.24. The molecule has 6 heteroatoms. The minimum atomic E-state index is -0.539. The van der Waals surface area contributed by atoms with E-state index in [4.69, 9.17) is 16.3 Å². The Morgan fingerprint density at radius 3 is 3.05 bits per heavy atom. The molecule has 102 valence electrons. The number of nitrogens with zero attached hydrogens (tertiary/aromatic N) is 1. The SMILES string of the molecule is O=C(Nc1cc(Br)cnc1Cl)C1Cc2ccccc2O1. The summed E-state index contributed by atoms with van der Waals surface area (Å²) in [6.07, 6.45) is 1.59. The number of benzene rings is 1. The summed E-state index contributed by atoms with van der Waals surface area (Å²) in [4.78, 5) is 16.2. The average Bonchev–Trinajstić information content (AvgIpc) is 2.87. The lowest BCUT2D eigenvalue weighted by Crippen LogP contribution is -2.31. The van der Waals surface area contributed by atoms with Crippen LogP contribution in [0.25, 0.3) is 0 Å². The highest BCUT2D eigenvalue weighted by Gasteiger charge is 2.29. The zero-order valence-corrected chi connectivity index (χ0v) is 12.6. The molecule has 0 spiro atoms. The highest BCUT2D eigenvalue weighted by Crippen LogP contribution is 2.29. The minimum absolute atomic E-state index is 0.233. The van der Waals surface area contributed by atoms with Gasteiger partial charge in [-0.25, -0.2) is 4.98 Å². The van der Waals surface area contributed by atoms with Crippen molar-refractivity contribution < 1.29 is 9.53 Å². The molecule has 0 bridgehead atoms. The lowest BCUT2D eigenvalue weighted by molar-refractivity contribution is -0.122. The topological polar surface area (TPSA) is 51.2 Å². The highest BCUT2D eigenvalue weighted by atomic mass is 79.9. The van der Waals surface area contributed by atoms with Gasteiger partial charge in [0, 0.05) is 17.1 Å². The molecular formula is C14H10BrClN2O2. The van der Waals surface area contributed by atoms with Crippen molar-refractivity contribution in [3.8, 4) is 5.75 Å². The van der Waals surface area contributed by atoms with Gasteiger partial charge >= 0.3 is 0 Å². The van der Waals surface area contributed by atoms with Crippen LogP contribution in [-0.2, 0) is 11.2 Å². The zero-order valence-electron chi connectivity index (χ0n) is 10.3. The van der Waals surface area contributed by atoms with E-state index < -0.39 is 6.10 Å². The van der Waals surface area contributed by atoms with E-state index in [-0.39, 0.29) is 11.1 Å². The quantitative estimate of drug-likeness (QED) is 0.842. The van der Waals surface area contributed by atoms with Crippen molar-refractivity contribution in [1.29, 1.82) is 0 Å². The number of pyridine rings is 1. The van der Waals surface area contributed by atoms with E-state index in [1.807, 2.05) is 24.3 Å². The van der Waals surface area contributed by atoms with Gasteiger partial charge in [-0.05, 0) is 33.6 Å². The Bertz CT molecular complexity index is 653. The molecule has 1 atom stereocenters. The van der Waals surface area contributed by atoms with Crippen LogP contribution in [0, 0.1) is 0 Å². The number of halogens is 2. The molecule has 1 unspecified atom stereocenters. The molecule has 3 rings (SSSR count). The molecular weight excluding hydrogens is 344 g/mol. The average molecular weight is 354 g/mol. The van der Waals surface area contributed by atoms with Gasteiger partial charge in [0.1, 0.15) is 5.75 Å². The first-order valence-electron chi connectivity index (χ1n) is 6.00. The number of para-hydroxylation sites is 1. The zero-order chi connectivity index (χ0) is 14.1. The van der Waals surface area contributed by atoms with Crippen molar-refractivity contribution in [2.75, 3.05) is 5.32 Å². The van der Waals surface area contributed by atoms with E-state index in [0.717, 1.165) is 15.8 Å². The largest absolute Gasteiger partial charge is 0.480 e. The lowest BCUT2D eigenvalue weighted by atomic mass is 10.1. The van der Waals surface area contributed by atoms with Crippen LogP contribution >= 0.6 is 27.5 Å². The molecule has 1 amide bonds. The van der Waals surface area contributed by atoms with E-state index in [0.29, 0.717) is 12.1 Å². The molecule has 1 aromatic heterocycles. The van der Waals surface area contributed by atoms with Gasteiger partial charge in [-0.1, -0.05) is 29.8 Å². The van der Waals surface area contributed by atoms with Crippen LogP contribution in [-0.4, -0.2) is 17.0 Å². The van der Waals surface area contributed by atoms with Crippen LogP contribution in [0.3, 0.4) is 0 Å². The number of hydrogen-bond donors (Lipinski definition) is 1. The maximum atomic E-state index is 12.2. The second-order valence-corrected chi connectivity index (χ2v) is 5.67. The predicted octanol–water partition coefficient (Wildman–Crippen LogP) is 3.44. The molecule has 20 heavy (non-hydrogen) atoms. The molecule has 1 aliphatic rings. The van der Waals surface area contributed by atoms with E-state index in [2.05, 4.69) is 26.2 Å². The normalized spacial score (nSPS) is 16.4. The Balaban J connectivity index is 1.74. The van der Waals surface area contributed by atoms with Crippen LogP contribution in [0.1, 0.15) is 5.56 Å². The number of nitrogens with one attached hydrogen (secondary N) is 1. The Kier molecular flexibility index (Phi) is 3.63. The molecule has 2 aromatic rings. The third-order valence-corrected chi connectivity index (χ3v) is 3.74. The number of anilines is 1. The van der Waals surface area contributed by atoms with E-state index in [1.165, 1.54) is 0 Å². The number of carbonyl (C=O) groups excluding carboxylic acids is 1. The van der Waals surface area contributed by atoms with Gasteiger partial charge in [-0.2, -0.15) is 0 Å². The monoisotopic (exact) mass is 352 g/mol. The number of amides is 1. The highest BCUT2D eigenvalue weighted by molar-refractivity contribution is 9.10. The van der Waals surface area contributed by atoms with Crippen LogP contribution in [0.5, 0.6) is 5.75 Å². The van der Waals surface area contributed by atoms with Crippen molar-refractivity contribution in [1.82, 2.24) is 4.98 Å². The Morgan fingerprint density at radius 2 is 2.25 bits per heavy atom. The molecule has 1 aliphatic heterocycles. The third kappa shape index (κ3) is 2.64. The van der Waals surface area contributed by atoms with Crippen molar-refractivity contribution in [3.05, 3.63) is 51.7 Å². The standard InChI is InChI=1S/C14H10BrClN2O2/c15-9-6-10(13(16)17-7-9)18-14(19)12-5-8-3-1-2-4-11(8)20-12/h1-4,6-7,12H,5H2,(H,18,19). The fraction of sp³-hybridized carbons (Fsp3) is 0.143. The molecule has 0 fully saturated rings. The van der Waals surface area contributed by atoms with Crippen molar-refractivity contribution in [2.24, 2.45) is 0 Å². The second-order valence-electron chi connectivity index (χ2n) is 4.40. The smallest absolute Gasteiger partial charge is 0.265 e. The number of rotatable bonds is 2. The Labute approximate surface area is 129 Å². The summed E-state index contributed by atoms with van der Waals surface area (Å²) < 4.78 is 6.37. The second kappa shape index (κ2) is 5.42. The summed E-state index contributed by atoms with van der Waals surface area (Å²) in [5, 5.41) is 2.99. The number of carbonyl (C=O) groups is 1. The van der Waals surface area contributed by atoms with E-state index in [1.54, 1.807) is 12.3 Å². The summed E-state index contributed by atoms with van der Waals surface area (Å²) in [7, 11) is 0. The molecule has 1 N–H and O–H groups in total. The maximum Gasteiger partial charge on any atom is 0.265 e. The number of aromatic nitrogens is 1. The van der Waals surface area contributed by atoms with E-state index >= 15 is 0 Å². The Hall–Kier alpha value is -1.59. The molecule has 0 saturated heterocycles. The molecule has 4 nitrogen and oxygen atoms in total. The fourth-order valence-corrected chi connectivity index (χ4v) is 2.53. The van der Waals surface area contributed by atoms with Crippen molar-refractivity contribution >= 4 is 39.1 Å². The first kappa shape index (κ1) is 13.4. The maximum absolute atomic E-state index is 12.2. The van der Waals surface area contributed by atoms with Gasteiger partial charge in [0.05, 0.1) is 5.69 Å². The fourth-order valence-electron chi connectivity index (χ4n) is 2.05. The van der Waals surface area contributed by atoms with Crippen LogP contribution in [0.15, 0.2) is 41.0 Å². The summed E-state index contributed by atoms with van der Waals surface area (Å²) in [5.74, 6) is 0.522. The number of fused-ring (bicyclic) bond motifs is 1. The Morgan fingerprint density at radius 1 is 1.45 bits per heavy atom. The molecule has 1 aromatic carbocycles. The number of ether oxygens (including phenoxy) is 1. The predicted molar refractivity (Wildman–Crippen MR) is 80.1 cm³/mol. The van der Waals surface area contributed by atoms with Gasteiger partial charge in [0.25, 0.3) is 5.91 Å². The van der Waals surface area contributed by atoms with Gasteiger partial charge in [0.2, 0.25) is 0 Å².